The summed E-state index contributed by atoms with van der Waals surface area (Å²) in [5.74, 6) is 0.816. The fourth-order valence-electron chi connectivity index (χ4n) is 2.59. The number of halogens is 1. The van der Waals surface area contributed by atoms with Crippen molar-refractivity contribution in [2.45, 2.75) is 31.6 Å². The number of methoxy groups -OCH3 is 1. The summed E-state index contributed by atoms with van der Waals surface area (Å²) in [7, 11) is 1.55. The number of phenolic OH excluding ortho intramolecular Hbond substituents is 1. The van der Waals surface area contributed by atoms with Crippen molar-refractivity contribution in [3.8, 4) is 11.5 Å². The Morgan fingerprint density at radius 3 is 2.59 bits per heavy atom. The Hall–Kier alpha value is -0.930. The number of nitrogens with two attached hydrogens (primary N) is 1. The molecule has 1 aromatic carbocycles. The highest BCUT2D eigenvalue weighted by atomic mass is 35.5. The van der Waals surface area contributed by atoms with Gasteiger partial charge in [0.25, 0.3) is 0 Å². The zero-order chi connectivity index (χ0) is 12.6. The van der Waals surface area contributed by atoms with Crippen LogP contribution in [0.15, 0.2) is 6.07 Å². The van der Waals surface area contributed by atoms with Crippen molar-refractivity contribution in [1.29, 1.82) is 0 Å². The maximum absolute atomic E-state index is 10.3. The predicted molar refractivity (Wildman–Crippen MR) is 69.0 cm³/mol. The van der Waals surface area contributed by atoms with E-state index in [1.807, 2.05) is 6.92 Å². The molecule has 1 aliphatic carbocycles. The molecule has 1 fully saturated rings. The molecule has 0 aliphatic heterocycles. The van der Waals surface area contributed by atoms with Gasteiger partial charge < -0.3 is 15.6 Å². The molecule has 0 unspecified atom stereocenters. The van der Waals surface area contributed by atoms with Crippen molar-refractivity contribution in [1.82, 2.24) is 0 Å². The minimum absolute atomic E-state index is 0.0925. The third-order valence-corrected chi connectivity index (χ3v) is 4.20. The topological polar surface area (TPSA) is 55.5 Å². The van der Waals surface area contributed by atoms with Gasteiger partial charge in [0.1, 0.15) is 11.5 Å². The van der Waals surface area contributed by atoms with Crippen LogP contribution in [0, 0.1) is 6.92 Å². The maximum Gasteiger partial charge on any atom is 0.144 e. The lowest BCUT2D eigenvalue weighted by Crippen LogP contribution is -2.41. The number of benzene rings is 1. The van der Waals surface area contributed by atoms with Crippen LogP contribution in [0.25, 0.3) is 0 Å². The van der Waals surface area contributed by atoms with Crippen LogP contribution in [0.4, 0.5) is 0 Å². The lowest BCUT2D eigenvalue weighted by Gasteiger charge is -2.42. The van der Waals surface area contributed by atoms with Gasteiger partial charge in [0.15, 0.2) is 0 Å². The number of hydrogen-bond donors (Lipinski definition) is 2. The summed E-state index contributed by atoms with van der Waals surface area (Å²) in [4.78, 5) is 0. The highest BCUT2D eigenvalue weighted by Gasteiger charge is 2.40. The zero-order valence-corrected chi connectivity index (χ0v) is 11.0. The first-order chi connectivity index (χ1) is 8.05. The molecule has 3 N–H and O–H groups in total. The van der Waals surface area contributed by atoms with E-state index in [1.54, 1.807) is 13.2 Å². The summed E-state index contributed by atoms with van der Waals surface area (Å²) < 4.78 is 5.19. The number of hydrogen-bond acceptors (Lipinski definition) is 3. The first-order valence-corrected chi connectivity index (χ1v) is 6.20. The Morgan fingerprint density at radius 1 is 1.53 bits per heavy atom. The van der Waals surface area contributed by atoms with Gasteiger partial charge in [0, 0.05) is 23.1 Å². The smallest absolute Gasteiger partial charge is 0.144 e. The first kappa shape index (κ1) is 12.5. The number of aromatic hydroxyl groups is 1. The quantitative estimate of drug-likeness (QED) is 0.873. The highest BCUT2D eigenvalue weighted by Crippen LogP contribution is 2.50. The van der Waals surface area contributed by atoms with Crippen LogP contribution >= 0.6 is 11.6 Å². The van der Waals surface area contributed by atoms with Gasteiger partial charge in [0.05, 0.1) is 12.1 Å². The zero-order valence-electron chi connectivity index (χ0n) is 10.2. The van der Waals surface area contributed by atoms with Crippen LogP contribution < -0.4 is 10.5 Å². The molecule has 3 nitrogen and oxygen atoms in total. The average Bonchev–Trinajstić information content (AvgIpc) is 2.25. The second kappa shape index (κ2) is 4.39. The minimum atomic E-state index is -0.0925. The molecular formula is C13H18ClNO2. The molecule has 4 heteroatoms. The fraction of sp³-hybridized carbons (Fsp3) is 0.538. The van der Waals surface area contributed by atoms with Gasteiger partial charge in [-0.2, -0.15) is 0 Å². The normalized spacial score (nSPS) is 17.6. The Balaban J connectivity index is 2.56. The van der Waals surface area contributed by atoms with Crippen LogP contribution in [0.2, 0.25) is 5.02 Å². The van der Waals surface area contributed by atoms with Gasteiger partial charge >= 0.3 is 0 Å². The summed E-state index contributed by atoms with van der Waals surface area (Å²) in [5.41, 5.74) is 7.32. The van der Waals surface area contributed by atoms with E-state index in [4.69, 9.17) is 22.1 Å². The van der Waals surface area contributed by atoms with E-state index in [2.05, 4.69) is 0 Å². The van der Waals surface area contributed by atoms with Crippen LogP contribution in [0.3, 0.4) is 0 Å². The molecule has 94 valence electrons. The Kier molecular flexibility index (Phi) is 3.23. The van der Waals surface area contributed by atoms with Gasteiger partial charge in [0.2, 0.25) is 0 Å². The Bertz CT molecular complexity index is 436. The molecule has 1 aliphatic rings. The first-order valence-electron chi connectivity index (χ1n) is 5.82. The second-order valence-corrected chi connectivity index (χ2v) is 5.16. The van der Waals surface area contributed by atoms with Crippen LogP contribution in [0.1, 0.15) is 30.4 Å². The standard InChI is InChI=1S/C13H18ClNO2/c1-8-11(16)9(6-10(14)12(8)17-2)13(7-15)4-3-5-13/h6,16H,3-5,7,15H2,1-2H3. The average molecular weight is 256 g/mol. The van der Waals surface area contributed by atoms with Gasteiger partial charge in [-0.05, 0) is 25.8 Å². The molecule has 1 saturated carbocycles. The third kappa shape index (κ3) is 1.78. The molecule has 0 bridgehead atoms. The van der Waals surface area contributed by atoms with Crippen molar-refractivity contribution in [3.05, 3.63) is 22.2 Å². The minimum Gasteiger partial charge on any atom is -0.507 e. The molecule has 17 heavy (non-hydrogen) atoms. The van der Waals surface area contributed by atoms with Crippen molar-refractivity contribution >= 4 is 11.6 Å². The van der Waals surface area contributed by atoms with Crippen molar-refractivity contribution in [3.63, 3.8) is 0 Å². The molecule has 0 amide bonds. The fourth-order valence-corrected chi connectivity index (χ4v) is 2.92. The van der Waals surface area contributed by atoms with Crippen molar-refractivity contribution in [2.75, 3.05) is 13.7 Å². The third-order valence-electron chi connectivity index (χ3n) is 3.92. The SMILES string of the molecule is COc1c(Cl)cc(C2(CN)CCC2)c(O)c1C. The van der Waals surface area contributed by atoms with Crippen LogP contribution in [0.5, 0.6) is 11.5 Å². The number of ether oxygens (including phenoxy) is 1. The van der Waals surface area contributed by atoms with Crippen molar-refractivity contribution in [2.24, 2.45) is 5.73 Å². The van der Waals surface area contributed by atoms with E-state index in [-0.39, 0.29) is 11.2 Å². The van der Waals surface area contributed by atoms with E-state index in [0.717, 1.165) is 24.8 Å². The molecule has 0 atom stereocenters. The van der Waals surface area contributed by atoms with Gasteiger partial charge in [-0.15, -0.1) is 0 Å². The van der Waals surface area contributed by atoms with E-state index in [9.17, 15) is 5.11 Å². The highest BCUT2D eigenvalue weighted by molar-refractivity contribution is 6.32. The van der Waals surface area contributed by atoms with E-state index in [0.29, 0.717) is 22.9 Å². The molecule has 2 rings (SSSR count). The van der Waals surface area contributed by atoms with E-state index in [1.165, 1.54) is 0 Å². The maximum atomic E-state index is 10.3. The van der Waals surface area contributed by atoms with E-state index < -0.39 is 0 Å². The van der Waals surface area contributed by atoms with Gasteiger partial charge in [-0.3, -0.25) is 0 Å². The lowest BCUT2D eigenvalue weighted by atomic mass is 9.64. The summed E-state index contributed by atoms with van der Waals surface area (Å²) in [5, 5.41) is 10.8. The van der Waals surface area contributed by atoms with Crippen LogP contribution in [-0.2, 0) is 5.41 Å². The van der Waals surface area contributed by atoms with Crippen LogP contribution in [-0.4, -0.2) is 18.8 Å². The van der Waals surface area contributed by atoms with Crippen molar-refractivity contribution < 1.29 is 9.84 Å². The molecule has 1 aromatic rings. The summed E-state index contributed by atoms with van der Waals surface area (Å²) in [6.07, 6.45) is 3.18. The summed E-state index contributed by atoms with van der Waals surface area (Å²) >= 11 is 6.17. The molecule has 0 aromatic heterocycles. The summed E-state index contributed by atoms with van der Waals surface area (Å²) in [6, 6.07) is 1.80. The molecule has 0 spiro atoms. The predicted octanol–water partition coefficient (Wildman–Crippen LogP) is 2.74. The van der Waals surface area contributed by atoms with Gasteiger partial charge in [-0.1, -0.05) is 18.0 Å². The van der Waals surface area contributed by atoms with E-state index >= 15 is 0 Å². The number of phenols is 1. The largest absolute Gasteiger partial charge is 0.507 e. The Labute approximate surface area is 107 Å². The Morgan fingerprint density at radius 2 is 2.18 bits per heavy atom. The lowest BCUT2D eigenvalue weighted by molar-refractivity contribution is 0.244. The monoisotopic (exact) mass is 255 g/mol. The molecule has 0 heterocycles. The molecule has 0 saturated heterocycles. The molecule has 0 radical (unpaired) electrons. The summed E-state index contributed by atoms with van der Waals surface area (Å²) in [6.45, 7) is 2.36. The second-order valence-electron chi connectivity index (χ2n) is 4.75. The van der Waals surface area contributed by atoms with Gasteiger partial charge in [-0.25, -0.2) is 0 Å². The molecular weight excluding hydrogens is 238 g/mol. The number of rotatable bonds is 3.